The summed E-state index contributed by atoms with van der Waals surface area (Å²) in [5.41, 5.74) is 1.46. The van der Waals surface area contributed by atoms with Crippen molar-refractivity contribution in [1.29, 1.82) is 0 Å². The van der Waals surface area contributed by atoms with Crippen LogP contribution in [0.3, 0.4) is 0 Å². The van der Waals surface area contributed by atoms with Gasteiger partial charge in [-0.2, -0.15) is 0 Å². The van der Waals surface area contributed by atoms with Crippen LogP contribution in [0.1, 0.15) is 37.7 Å². The number of carbonyl (C=O) groups excluding carboxylic acids is 2. The maximum atomic E-state index is 12.2. The highest BCUT2D eigenvalue weighted by Crippen LogP contribution is 2.22. The van der Waals surface area contributed by atoms with Gasteiger partial charge in [-0.1, -0.05) is 30.9 Å². The second-order valence-corrected chi connectivity index (χ2v) is 6.06. The molecule has 1 fully saturated rings. The molecule has 5 heteroatoms. The Labute approximate surface area is 130 Å². The van der Waals surface area contributed by atoms with Crippen LogP contribution in [-0.2, 0) is 9.59 Å². The van der Waals surface area contributed by atoms with Gasteiger partial charge in [0.1, 0.15) is 0 Å². The zero-order valence-corrected chi connectivity index (χ0v) is 13.2. The van der Waals surface area contributed by atoms with Crippen LogP contribution in [0, 0.1) is 6.92 Å². The molecule has 1 aliphatic rings. The molecule has 0 radical (unpaired) electrons. The average molecular weight is 309 g/mol. The van der Waals surface area contributed by atoms with Gasteiger partial charge in [0, 0.05) is 23.8 Å². The van der Waals surface area contributed by atoms with Crippen LogP contribution in [0.4, 0.5) is 5.69 Å². The monoisotopic (exact) mass is 308 g/mol. The quantitative estimate of drug-likeness (QED) is 0.852. The minimum Gasteiger partial charge on any atom is -0.335 e. The van der Waals surface area contributed by atoms with E-state index in [2.05, 4.69) is 5.32 Å². The van der Waals surface area contributed by atoms with E-state index in [9.17, 15) is 9.59 Å². The lowest BCUT2D eigenvalue weighted by atomic mass is 9.94. The molecule has 0 aromatic heterocycles. The highest BCUT2D eigenvalue weighted by atomic mass is 35.5. The second-order valence-electron chi connectivity index (χ2n) is 5.62. The number of benzene rings is 1. The molecule has 0 spiro atoms. The van der Waals surface area contributed by atoms with Gasteiger partial charge in [-0.25, -0.2) is 0 Å². The van der Waals surface area contributed by atoms with Crippen molar-refractivity contribution in [2.75, 3.05) is 12.4 Å². The molecule has 0 aliphatic heterocycles. The Kier molecular flexibility index (Phi) is 5.23. The molecule has 0 unspecified atom stereocenters. The lowest BCUT2D eigenvalue weighted by Crippen LogP contribution is -2.44. The van der Waals surface area contributed by atoms with Gasteiger partial charge >= 0.3 is 11.8 Å². The lowest BCUT2D eigenvalue weighted by Gasteiger charge is -2.30. The molecule has 0 saturated heterocycles. The summed E-state index contributed by atoms with van der Waals surface area (Å²) in [5, 5.41) is 3.28. The highest BCUT2D eigenvalue weighted by molar-refractivity contribution is 6.39. The van der Waals surface area contributed by atoms with E-state index < -0.39 is 11.8 Å². The summed E-state index contributed by atoms with van der Waals surface area (Å²) in [6, 6.07) is 5.35. The first-order valence-electron chi connectivity index (χ1n) is 7.33. The fourth-order valence-electron chi connectivity index (χ4n) is 2.74. The predicted octanol–water partition coefficient (Wildman–Crippen LogP) is 3.38. The van der Waals surface area contributed by atoms with Crippen LogP contribution in [0.2, 0.25) is 5.02 Å². The summed E-state index contributed by atoms with van der Waals surface area (Å²) in [6.45, 7) is 1.84. The minimum absolute atomic E-state index is 0.184. The number of carbonyl (C=O) groups is 2. The zero-order chi connectivity index (χ0) is 15.4. The Bertz CT molecular complexity index is 539. The molecule has 1 saturated carbocycles. The smallest absolute Gasteiger partial charge is 0.313 e. The van der Waals surface area contributed by atoms with E-state index in [0.29, 0.717) is 10.7 Å². The Morgan fingerprint density at radius 2 is 1.90 bits per heavy atom. The van der Waals surface area contributed by atoms with Crippen LogP contribution in [0.25, 0.3) is 0 Å². The number of hydrogen-bond donors (Lipinski definition) is 1. The molecular formula is C16H21ClN2O2. The third-order valence-corrected chi connectivity index (χ3v) is 4.31. The first-order valence-corrected chi connectivity index (χ1v) is 7.71. The molecule has 0 bridgehead atoms. The topological polar surface area (TPSA) is 49.4 Å². The Morgan fingerprint density at radius 1 is 1.24 bits per heavy atom. The van der Waals surface area contributed by atoms with Crippen molar-refractivity contribution < 1.29 is 9.59 Å². The van der Waals surface area contributed by atoms with Crippen LogP contribution in [0.5, 0.6) is 0 Å². The van der Waals surface area contributed by atoms with E-state index in [0.717, 1.165) is 31.2 Å². The molecule has 1 aromatic rings. The number of amides is 2. The van der Waals surface area contributed by atoms with Crippen molar-refractivity contribution in [1.82, 2.24) is 4.90 Å². The molecule has 114 valence electrons. The summed E-state index contributed by atoms with van der Waals surface area (Å²) in [5.74, 6) is -1.07. The van der Waals surface area contributed by atoms with E-state index in [1.54, 1.807) is 30.1 Å². The van der Waals surface area contributed by atoms with Gasteiger partial charge in [0.05, 0.1) is 0 Å². The van der Waals surface area contributed by atoms with Crippen LogP contribution in [-0.4, -0.2) is 29.8 Å². The fraction of sp³-hybridized carbons (Fsp3) is 0.500. The Hall–Kier alpha value is -1.55. The lowest BCUT2D eigenvalue weighted by molar-refractivity contribution is -0.144. The minimum atomic E-state index is -0.589. The predicted molar refractivity (Wildman–Crippen MR) is 84.5 cm³/mol. The Balaban J connectivity index is 2.00. The average Bonchev–Trinajstić information content (AvgIpc) is 2.49. The number of hydrogen-bond acceptors (Lipinski definition) is 2. The van der Waals surface area contributed by atoms with Crippen molar-refractivity contribution in [3.05, 3.63) is 28.8 Å². The van der Waals surface area contributed by atoms with Gasteiger partial charge in [0.15, 0.2) is 0 Å². The summed E-state index contributed by atoms with van der Waals surface area (Å²) in [4.78, 5) is 25.9. The largest absolute Gasteiger partial charge is 0.335 e. The van der Waals surface area contributed by atoms with Gasteiger partial charge in [-0.3, -0.25) is 9.59 Å². The van der Waals surface area contributed by atoms with E-state index in [1.165, 1.54) is 6.42 Å². The van der Waals surface area contributed by atoms with Crippen molar-refractivity contribution in [3.63, 3.8) is 0 Å². The molecule has 1 aliphatic carbocycles. The molecule has 4 nitrogen and oxygen atoms in total. The number of likely N-dealkylation sites (N-methyl/N-ethyl adjacent to an activating group) is 1. The van der Waals surface area contributed by atoms with Crippen molar-refractivity contribution in [3.8, 4) is 0 Å². The van der Waals surface area contributed by atoms with Crippen molar-refractivity contribution >= 4 is 29.1 Å². The normalized spacial score (nSPS) is 15.6. The van der Waals surface area contributed by atoms with Crippen LogP contribution >= 0.6 is 11.6 Å². The summed E-state index contributed by atoms with van der Waals surface area (Å²) >= 11 is 5.88. The SMILES string of the molecule is Cc1cc(Cl)ccc1NC(=O)C(=O)N(C)C1CCCCC1. The van der Waals surface area contributed by atoms with Gasteiger partial charge in [-0.15, -0.1) is 0 Å². The summed E-state index contributed by atoms with van der Waals surface area (Å²) < 4.78 is 0. The molecule has 2 rings (SSSR count). The van der Waals surface area contributed by atoms with E-state index in [4.69, 9.17) is 11.6 Å². The first-order chi connectivity index (χ1) is 9.99. The van der Waals surface area contributed by atoms with Crippen LogP contribution in [0.15, 0.2) is 18.2 Å². The third-order valence-electron chi connectivity index (χ3n) is 4.07. The van der Waals surface area contributed by atoms with Gasteiger partial charge in [-0.05, 0) is 43.5 Å². The standard InChI is InChI=1S/C16H21ClN2O2/c1-11-10-12(17)8-9-14(11)18-15(20)16(21)19(2)13-6-4-3-5-7-13/h8-10,13H,3-7H2,1-2H3,(H,18,20). The fourth-order valence-corrected chi connectivity index (χ4v) is 2.96. The number of anilines is 1. The number of halogens is 1. The number of aryl methyl sites for hydroxylation is 1. The van der Waals surface area contributed by atoms with Crippen molar-refractivity contribution in [2.24, 2.45) is 0 Å². The molecule has 0 heterocycles. The number of rotatable bonds is 2. The second kappa shape index (κ2) is 6.94. The highest BCUT2D eigenvalue weighted by Gasteiger charge is 2.26. The van der Waals surface area contributed by atoms with Gasteiger partial charge < -0.3 is 10.2 Å². The first kappa shape index (κ1) is 15.8. The summed E-state index contributed by atoms with van der Waals surface area (Å²) in [7, 11) is 1.71. The molecule has 1 aromatic carbocycles. The molecule has 1 N–H and O–H groups in total. The number of nitrogens with one attached hydrogen (secondary N) is 1. The molecule has 0 atom stereocenters. The van der Waals surface area contributed by atoms with Gasteiger partial charge in [0.25, 0.3) is 0 Å². The van der Waals surface area contributed by atoms with Gasteiger partial charge in [0.2, 0.25) is 0 Å². The molecular weight excluding hydrogens is 288 g/mol. The van der Waals surface area contributed by atoms with E-state index >= 15 is 0 Å². The van der Waals surface area contributed by atoms with Crippen molar-refractivity contribution in [2.45, 2.75) is 45.1 Å². The van der Waals surface area contributed by atoms with E-state index in [1.807, 2.05) is 6.92 Å². The summed E-state index contributed by atoms with van der Waals surface area (Å²) in [6.07, 6.45) is 5.43. The van der Waals surface area contributed by atoms with E-state index in [-0.39, 0.29) is 6.04 Å². The molecule has 21 heavy (non-hydrogen) atoms. The number of nitrogens with zero attached hydrogens (tertiary/aromatic N) is 1. The third kappa shape index (κ3) is 3.97. The maximum Gasteiger partial charge on any atom is 0.313 e. The van der Waals surface area contributed by atoms with Crippen LogP contribution < -0.4 is 5.32 Å². The molecule has 2 amide bonds. The Morgan fingerprint density at radius 3 is 2.52 bits per heavy atom. The zero-order valence-electron chi connectivity index (χ0n) is 12.5. The maximum absolute atomic E-state index is 12.2.